The summed E-state index contributed by atoms with van der Waals surface area (Å²) in [5.74, 6) is 0.322. The zero-order valence-corrected chi connectivity index (χ0v) is 32.0. The van der Waals surface area contributed by atoms with Gasteiger partial charge in [-0.25, -0.2) is 0 Å². The highest BCUT2D eigenvalue weighted by Gasteiger charge is 2.70. The van der Waals surface area contributed by atoms with Gasteiger partial charge in [0.15, 0.2) is 16.7 Å². The first kappa shape index (κ1) is 37.7. The molecule has 0 heterocycles. The zero-order valence-electron chi connectivity index (χ0n) is 31.2. The van der Waals surface area contributed by atoms with E-state index in [2.05, 4.69) is 50.2 Å². The average molecular weight is 726 g/mol. The third-order valence-corrected chi connectivity index (χ3v) is 15.2. The molecule has 1 amide bonds. The van der Waals surface area contributed by atoms with Crippen molar-refractivity contribution >= 4 is 40.5 Å². The lowest BCUT2D eigenvalue weighted by molar-refractivity contribution is -0.182. The molecular weight excluding hydrogens is 672 g/mol. The highest BCUT2D eigenvalue weighted by atomic mass is 32.1. The standard InChI is InChI=1S/C41H54F3N3O3S/c1-24-22-38(6)30(35(2,3)32(24)49)13-14-40(8)31(38)29(48)21-27-28-23-37(5,16-15-36(28,4)17-18-39(27,40)7)33(50)45-19-20-46-34(51)47-26-11-9-25(10-12-26)41(42,43)44/h9-12,21,28,30-31H,1,13-20,22-23H2,2-8H3,(H,45,50)(H2,46,47,51)/t28-,30-,31+,36+,37-,38-,39+,40+/m0/s1. The summed E-state index contributed by atoms with van der Waals surface area (Å²) in [4.78, 5) is 41.8. The largest absolute Gasteiger partial charge is 0.416 e. The van der Waals surface area contributed by atoms with Crippen molar-refractivity contribution in [3.05, 3.63) is 53.6 Å². The van der Waals surface area contributed by atoms with E-state index in [0.29, 0.717) is 37.2 Å². The molecule has 1 aromatic carbocycles. The molecule has 0 spiro atoms. The maximum absolute atomic E-state index is 14.6. The molecule has 0 bridgehead atoms. The number of nitrogens with one attached hydrogen (secondary N) is 3. The number of benzene rings is 1. The van der Waals surface area contributed by atoms with Crippen molar-refractivity contribution in [3.8, 4) is 0 Å². The Bertz CT molecular complexity index is 1700. The van der Waals surface area contributed by atoms with E-state index in [4.69, 9.17) is 12.2 Å². The molecule has 0 aromatic heterocycles. The number of hydrogen-bond acceptors (Lipinski definition) is 4. The number of thiocarbonyl (C=S) groups is 1. The smallest absolute Gasteiger partial charge is 0.361 e. The summed E-state index contributed by atoms with van der Waals surface area (Å²) >= 11 is 5.32. The predicted octanol–water partition coefficient (Wildman–Crippen LogP) is 8.82. The lowest BCUT2D eigenvalue weighted by atomic mass is 9.33. The second-order valence-electron chi connectivity index (χ2n) is 18.3. The predicted molar refractivity (Wildman–Crippen MR) is 198 cm³/mol. The van der Waals surface area contributed by atoms with E-state index in [0.717, 1.165) is 50.7 Å². The van der Waals surface area contributed by atoms with Crippen LogP contribution < -0.4 is 16.0 Å². The van der Waals surface area contributed by atoms with Crippen LogP contribution in [0.25, 0.3) is 0 Å². The molecule has 6 nitrogen and oxygen atoms in total. The summed E-state index contributed by atoms with van der Waals surface area (Å²) in [5.41, 5.74) is -0.415. The Labute approximate surface area is 306 Å². The van der Waals surface area contributed by atoms with Gasteiger partial charge >= 0.3 is 6.18 Å². The van der Waals surface area contributed by atoms with Crippen LogP contribution in [0, 0.1) is 50.2 Å². The number of hydrogen-bond donors (Lipinski definition) is 3. The average Bonchev–Trinajstić information content (AvgIpc) is 3.03. The van der Waals surface area contributed by atoms with E-state index in [1.807, 2.05) is 26.8 Å². The number of allylic oxidation sites excluding steroid dienone is 3. The Kier molecular flexibility index (Phi) is 9.08. The number of amides is 1. The van der Waals surface area contributed by atoms with Gasteiger partial charge in [0.25, 0.3) is 0 Å². The number of fused-ring (bicyclic) bond motifs is 7. The summed E-state index contributed by atoms with van der Waals surface area (Å²) in [6.45, 7) is 20.4. The highest BCUT2D eigenvalue weighted by molar-refractivity contribution is 7.80. The van der Waals surface area contributed by atoms with Crippen LogP contribution in [-0.4, -0.2) is 35.7 Å². The molecule has 5 aliphatic carbocycles. The number of halogens is 3. The maximum Gasteiger partial charge on any atom is 0.416 e. The fourth-order valence-electron chi connectivity index (χ4n) is 11.8. The van der Waals surface area contributed by atoms with E-state index in [1.165, 1.54) is 17.7 Å². The normalized spacial score (nSPS) is 38.7. The van der Waals surface area contributed by atoms with E-state index < -0.39 is 22.6 Å². The van der Waals surface area contributed by atoms with Crippen molar-refractivity contribution in [1.82, 2.24) is 10.6 Å². The number of carbonyl (C=O) groups excluding carboxylic acids is 3. The second kappa shape index (κ2) is 12.3. The molecule has 4 saturated carbocycles. The minimum atomic E-state index is -4.41. The van der Waals surface area contributed by atoms with Gasteiger partial charge in [-0.2, -0.15) is 13.2 Å². The van der Waals surface area contributed by atoms with Gasteiger partial charge in [0.05, 0.1) is 5.56 Å². The van der Waals surface area contributed by atoms with Crippen molar-refractivity contribution in [2.45, 2.75) is 106 Å². The van der Waals surface area contributed by atoms with Gasteiger partial charge in [0.1, 0.15) is 0 Å². The Balaban J connectivity index is 1.15. The Morgan fingerprint density at radius 3 is 2.20 bits per heavy atom. The minimum Gasteiger partial charge on any atom is -0.361 e. The van der Waals surface area contributed by atoms with Crippen molar-refractivity contribution in [2.75, 3.05) is 18.4 Å². The maximum atomic E-state index is 14.6. The molecule has 3 N–H and O–H groups in total. The number of rotatable bonds is 5. The molecule has 0 saturated heterocycles. The fourth-order valence-corrected chi connectivity index (χ4v) is 12.0. The summed E-state index contributed by atoms with van der Waals surface area (Å²) in [6.07, 6.45) is 4.33. The molecule has 0 unspecified atom stereocenters. The quantitative estimate of drug-likeness (QED) is 0.160. The fraction of sp³-hybridized carbons (Fsp3) is 0.659. The van der Waals surface area contributed by atoms with Gasteiger partial charge < -0.3 is 16.0 Å². The van der Waals surface area contributed by atoms with Crippen molar-refractivity contribution in [1.29, 1.82) is 0 Å². The van der Waals surface area contributed by atoms with Gasteiger partial charge in [-0.1, -0.05) is 60.6 Å². The van der Waals surface area contributed by atoms with Crippen LogP contribution in [0.2, 0.25) is 0 Å². The van der Waals surface area contributed by atoms with Gasteiger partial charge in [0.2, 0.25) is 5.91 Å². The summed E-state index contributed by atoms with van der Waals surface area (Å²) < 4.78 is 38.6. The van der Waals surface area contributed by atoms with Crippen molar-refractivity contribution < 1.29 is 27.6 Å². The first-order valence-corrected chi connectivity index (χ1v) is 18.9. The molecule has 1 aromatic rings. The third kappa shape index (κ3) is 5.90. The first-order valence-electron chi connectivity index (χ1n) is 18.5. The Morgan fingerprint density at radius 2 is 1.55 bits per heavy atom. The van der Waals surface area contributed by atoms with Crippen LogP contribution in [0.4, 0.5) is 18.9 Å². The van der Waals surface area contributed by atoms with Crippen LogP contribution in [-0.2, 0) is 20.6 Å². The zero-order chi connectivity index (χ0) is 37.6. The number of ketones is 2. The number of Topliss-reactive ketones (excluding diaryl/α,β-unsaturated/α-hetero) is 1. The molecule has 8 atom stereocenters. The number of carbonyl (C=O) groups is 3. The van der Waals surface area contributed by atoms with E-state index in [9.17, 15) is 27.6 Å². The summed E-state index contributed by atoms with van der Waals surface area (Å²) in [6, 6.07) is 4.64. The van der Waals surface area contributed by atoms with Gasteiger partial charge in [-0.05, 0) is 133 Å². The van der Waals surface area contributed by atoms with Crippen molar-refractivity contribution in [3.63, 3.8) is 0 Å². The Hall–Kier alpha value is -3.01. The molecule has 278 valence electrons. The molecule has 0 aliphatic heterocycles. The van der Waals surface area contributed by atoms with Gasteiger partial charge in [0, 0.05) is 35.5 Å². The third-order valence-electron chi connectivity index (χ3n) is 14.9. The Morgan fingerprint density at radius 1 is 0.922 bits per heavy atom. The van der Waals surface area contributed by atoms with Gasteiger partial charge in [-0.15, -0.1) is 0 Å². The van der Waals surface area contributed by atoms with E-state index in [-0.39, 0.29) is 62.0 Å². The topological polar surface area (TPSA) is 87.3 Å². The SMILES string of the molecule is C=C1C[C@]2(C)[C@H]3C(=O)C=C4[C@@H]5C[C@@](C)(C(=O)NCCNC(=S)Nc6ccc(C(F)(F)F)cc6)CC[C@]5(C)CC[C@@]4(C)[C@]3(C)CC[C@H]2C(C)(C)C1=O. The number of anilines is 1. The minimum absolute atomic E-state index is 0.000955. The van der Waals surface area contributed by atoms with Crippen LogP contribution in [0.3, 0.4) is 0 Å². The highest BCUT2D eigenvalue weighted by Crippen LogP contribution is 2.75. The molecule has 6 rings (SSSR count). The van der Waals surface area contributed by atoms with Crippen LogP contribution in [0.15, 0.2) is 48.1 Å². The van der Waals surface area contributed by atoms with Crippen molar-refractivity contribution in [2.24, 2.45) is 50.2 Å². The van der Waals surface area contributed by atoms with Crippen LogP contribution >= 0.6 is 12.2 Å². The summed E-state index contributed by atoms with van der Waals surface area (Å²) in [5, 5.41) is 9.26. The summed E-state index contributed by atoms with van der Waals surface area (Å²) in [7, 11) is 0. The number of alkyl halides is 3. The van der Waals surface area contributed by atoms with Gasteiger partial charge in [-0.3, -0.25) is 14.4 Å². The van der Waals surface area contributed by atoms with E-state index >= 15 is 0 Å². The monoisotopic (exact) mass is 725 g/mol. The molecule has 0 radical (unpaired) electrons. The molecule has 5 aliphatic rings. The van der Waals surface area contributed by atoms with Crippen LogP contribution in [0.5, 0.6) is 0 Å². The molecule has 51 heavy (non-hydrogen) atoms. The second-order valence-corrected chi connectivity index (χ2v) is 18.7. The van der Waals surface area contributed by atoms with E-state index in [1.54, 1.807) is 0 Å². The lowest BCUT2D eigenvalue weighted by Gasteiger charge is -2.70. The molecule has 4 fully saturated rings. The molecular formula is C41H54F3N3O3S. The van der Waals surface area contributed by atoms with Crippen LogP contribution in [0.1, 0.15) is 105 Å². The molecule has 10 heteroatoms. The first-order chi connectivity index (χ1) is 23.5. The lowest BCUT2D eigenvalue weighted by Crippen LogP contribution is -2.66.